The summed E-state index contributed by atoms with van der Waals surface area (Å²) in [4.78, 5) is 50.0. The van der Waals surface area contributed by atoms with Crippen molar-refractivity contribution < 1.29 is 18.0 Å². The summed E-state index contributed by atoms with van der Waals surface area (Å²) in [6, 6.07) is 14.2. The van der Waals surface area contributed by atoms with E-state index >= 15 is 0 Å². The molecule has 0 atom stereocenters. The van der Waals surface area contributed by atoms with Crippen molar-refractivity contribution in [3.63, 3.8) is 0 Å². The summed E-state index contributed by atoms with van der Waals surface area (Å²) in [5.41, 5.74) is 1.02. The van der Waals surface area contributed by atoms with Crippen molar-refractivity contribution in [2.24, 2.45) is 0 Å². The highest BCUT2D eigenvalue weighted by Crippen LogP contribution is 2.48. The van der Waals surface area contributed by atoms with Crippen LogP contribution >= 0.6 is 46.4 Å². The molecule has 4 N–H and O–H groups in total. The molecular formula is C41H46Cl4N10O4S. The Kier molecular flexibility index (Phi) is 15.1. The Balaban J connectivity index is 1.15. The van der Waals surface area contributed by atoms with Crippen molar-refractivity contribution in [1.29, 1.82) is 0 Å². The van der Waals surface area contributed by atoms with Crippen molar-refractivity contribution in [1.82, 2.24) is 29.7 Å². The number of fused-ring (bicyclic) bond motifs is 2. The fourth-order valence-electron chi connectivity index (χ4n) is 6.86. The van der Waals surface area contributed by atoms with E-state index in [9.17, 15) is 18.0 Å². The SMILES string of the molecule is CCN(CC)CCCNc1nc(NCCCN(CC)CC)nc(Nc2ccc(S(=O)(=O)Nc3ccc4ccc(C5C(=O)c6c(Cl)c(Cl)c(Cl)c(Cl)c6C5=O)nc4c3)cc2)n1. The minimum atomic E-state index is -4.06. The van der Waals surface area contributed by atoms with E-state index in [1.54, 1.807) is 36.4 Å². The number of Topliss-reactive ketones (excluding diaryl/α,β-unsaturated/α-hetero) is 2. The summed E-state index contributed by atoms with van der Waals surface area (Å²) in [6.45, 7) is 15.8. The van der Waals surface area contributed by atoms with Gasteiger partial charge in [-0.1, -0.05) is 86.2 Å². The smallest absolute Gasteiger partial charge is 0.261 e. The number of nitrogens with one attached hydrogen (secondary N) is 4. The first-order valence-corrected chi connectivity index (χ1v) is 22.7. The molecule has 2 aromatic heterocycles. The summed E-state index contributed by atoms with van der Waals surface area (Å²) in [5, 5.41) is 9.89. The summed E-state index contributed by atoms with van der Waals surface area (Å²) in [6.07, 6.45) is 1.83. The van der Waals surface area contributed by atoms with Crippen LogP contribution in [0.3, 0.4) is 0 Å². The lowest BCUT2D eigenvalue weighted by atomic mass is 9.98. The second-order valence-corrected chi connectivity index (χ2v) is 17.2. The number of benzene rings is 3. The van der Waals surface area contributed by atoms with Gasteiger partial charge in [0.15, 0.2) is 11.6 Å². The lowest BCUT2D eigenvalue weighted by Gasteiger charge is -2.18. The highest BCUT2D eigenvalue weighted by atomic mass is 35.5. The summed E-state index contributed by atoms with van der Waals surface area (Å²) in [7, 11) is -4.06. The van der Waals surface area contributed by atoms with Crippen molar-refractivity contribution in [3.05, 3.63) is 91.5 Å². The normalized spacial score (nSPS) is 13.1. The standard InChI is InChI=1S/C41H46Cl4N10O4S/c1-5-54(6-2)21-9-19-46-39-50-40(47-20-10-22-55(7-3)8-4)52-41(51-39)48-25-14-16-27(17-15-25)60(58,59)53-26-13-11-24-12-18-28(49-29(24)23-26)30-37(56)31-32(38(30)57)34(43)36(45)35(44)33(31)42/h11-18,23,30,53H,5-10,19-22H2,1-4H3,(H3,46,47,48,50,51,52). The molecule has 1 aliphatic rings. The molecule has 318 valence electrons. The van der Waals surface area contributed by atoms with Crippen molar-refractivity contribution in [2.75, 3.05) is 73.0 Å². The van der Waals surface area contributed by atoms with Gasteiger partial charge < -0.3 is 25.8 Å². The highest BCUT2D eigenvalue weighted by Gasteiger charge is 2.45. The van der Waals surface area contributed by atoms with Crippen LogP contribution in [-0.2, 0) is 10.0 Å². The molecule has 6 rings (SSSR count). The van der Waals surface area contributed by atoms with Gasteiger partial charge in [0.05, 0.1) is 53.0 Å². The van der Waals surface area contributed by atoms with Gasteiger partial charge in [0.1, 0.15) is 5.92 Å². The zero-order chi connectivity index (χ0) is 43.1. The third-order valence-corrected chi connectivity index (χ3v) is 13.5. The minimum Gasteiger partial charge on any atom is -0.354 e. The molecule has 0 saturated heterocycles. The van der Waals surface area contributed by atoms with E-state index in [4.69, 9.17) is 46.4 Å². The molecule has 0 saturated carbocycles. The van der Waals surface area contributed by atoms with Crippen LogP contribution < -0.4 is 20.7 Å². The van der Waals surface area contributed by atoms with Gasteiger partial charge in [-0.2, -0.15) is 15.0 Å². The fraction of sp³-hybridized carbons (Fsp3) is 0.366. The molecule has 19 heteroatoms. The minimum absolute atomic E-state index is 0.00242. The molecule has 0 bridgehead atoms. The molecule has 0 amide bonds. The predicted molar refractivity (Wildman–Crippen MR) is 242 cm³/mol. The first-order chi connectivity index (χ1) is 28.8. The molecule has 0 fully saturated rings. The largest absolute Gasteiger partial charge is 0.354 e. The Morgan fingerprint density at radius 2 is 1.10 bits per heavy atom. The first kappa shape index (κ1) is 45.2. The van der Waals surface area contributed by atoms with E-state index in [-0.39, 0.29) is 47.5 Å². The van der Waals surface area contributed by atoms with E-state index in [1.165, 1.54) is 18.2 Å². The molecule has 0 radical (unpaired) electrons. The Bertz CT molecular complexity index is 2400. The third-order valence-electron chi connectivity index (χ3n) is 10.3. The van der Waals surface area contributed by atoms with Gasteiger partial charge in [-0.05, 0) is 94.6 Å². The average Bonchev–Trinajstić information content (AvgIpc) is 3.51. The molecular weight excluding hydrogens is 870 g/mol. The number of hydrogen-bond donors (Lipinski definition) is 4. The van der Waals surface area contributed by atoms with Gasteiger partial charge in [-0.25, -0.2) is 8.42 Å². The predicted octanol–water partition coefficient (Wildman–Crippen LogP) is 9.03. The van der Waals surface area contributed by atoms with E-state index in [0.29, 0.717) is 47.5 Å². The van der Waals surface area contributed by atoms with Crippen LogP contribution in [0, 0.1) is 0 Å². The molecule has 60 heavy (non-hydrogen) atoms. The van der Waals surface area contributed by atoms with E-state index in [1.807, 2.05) is 0 Å². The summed E-state index contributed by atoms with van der Waals surface area (Å²) in [5.74, 6) is -1.43. The Hall–Kier alpha value is -4.35. The Labute approximate surface area is 369 Å². The quantitative estimate of drug-likeness (QED) is 0.0252. The van der Waals surface area contributed by atoms with Gasteiger partial charge in [-0.15, -0.1) is 0 Å². The van der Waals surface area contributed by atoms with E-state index in [2.05, 4.69) is 78.1 Å². The zero-order valence-electron chi connectivity index (χ0n) is 33.6. The van der Waals surface area contributed by atoms with Gasteiger partial charge >= 0.3 is 0 Å². The highest BCUT2D eigenvalue weighted by molar-refractivity contribution is 7.92. The fourth-order valence-corrected chi connectivity index (χ4v) is 8.95. The van der Waals surface area contributed by atoms with Crippen LogP contribution in [0.25, 0.3) is 10.9 Å². The summed E-state index contributed by atoms with van der Waals surface area (Å²) < 4.78 is 29.7. The Morgan fingerprint density at radius 3 is 1.62 bits per heavy atom. The number of anilines is 5. The number of rotatable bonds is 20. The average molecular weight is 917 g/mol. The number of ketones is 2. The number of pyridine rings is 1. The summed E-state index contributed by atoms with van der Waals surface area (Å²) >= 11 is 25.0. The first-order valence-electron chi connectivity index (χ1n) is 19.7. The van der Waals surface area contributed by atoms with Crippen LogP contribution in [0.1, 0.15) is 72.9 Å². The maximum Gasteiger partial charge on any atom is 0.261 e. The number of carbonyl (C=O) groups excluding carboxylic acids is 2. The lowest BCUT2D eigenvalue weighted by molar-refractivity contribution is 0.0888. The Morgan fingerprint density at radius 1 is 0.617 bits per heavy atom. The second-order valence-electron chi connectivity index (χ2n) is 14.0. The topological polar surface area (TPSA) is 174 Å². The van der Waals surface area contributed by atoms with E-state index < -0.39 is 27.5 Å². The van der Waals surface area contributed by atoms with Crippen molar-refractivity contribution in [2.45, 2.75) is 51.3 Å². The van der Waals surface area contributed by atoms with E-state index in [0.717, 1.165) is 52.1 Å². The number of aromatic nitrogens is 4. The second kappa shape index (κ2) is 20.0. The number of halogens is 4. The molecule has 0 spiro atoms. The lowest BCUT2D eigenvalue weighted by Crippen LogP contribution is -2.26. The van der Waals surface area contributed by atoms with Crippen LogP contribution in [-0.4, -0.2) is 102 Å². The maximum atomic E-state index is 13.6. The molecule has 0 unspecified atom stereocenters. The van der Waals surface area contributed by atoms with Crippen molar-refractivity contribution in [3.8, 4) is 0 Å². The number of nitrogens with zero attached hydrogens (tertiary/aromatic N) is 6. The molecule has 14 nitrogen and oxygen atoms in total. The monoisotopic (exact) mass is 914 g/mol. The van der Waals surface area contributed by atoms with Crippen LogP contribution in [0.4, 0.5) is 29.2 Å². The zero-order valence-corrected chi connectivity index (χ0v) is 37.4. The third kappa shape index (κ3) is 10.2. The molecule has 5 aromatic rings. The molecule has 2 heterocycles. The number of hydrogen-bond acceptors (Lipinski definition) is 13. The van der Waals surface area contributed by atoms with Crippen LogP contribution in [0.5, 0.6) is 0 Å². The van der Waals surface area contributed by atoms with Crippen molar-refractivity contribution >= 4 is 108 Å². The molecule has 3 aromatic carbocycles. The van der Waals surface area contributed by atoms with Gasteiger partial charge in [0, 0.05) is 24.2 Å². The van der Waals surface area contributed by atoms with Crippen LogP contribution in [0.15, 0.2) is 59.5 Å². The molecule has 1 aliphatic carbocycles. The number of sulfonamides is 1. The van der Waals surface area contributed by atoms with Gasteiger partial charge in [0.2, 0.25) is 17.8 Å². The molecule has 0 aliphatic heterocycles. The number of carbonyl (C=O) groups is 2. The maximum absolute atomic E-state index is 13.6. The van der Waals surface area contributed by atoms with Crippen LogP contribution in [0.2, 0.25) is 20.1 Å². The van der Waals surface area contributed by atoms with Gasteiger partial charge in [0.25, 0.3) is 10.0 Å². The van der Waals surface area contributed by atoms with Gasteiger partial charge in [-0.3, -0.25) is 19.3 Å².